The number of benzene rings is 4. The Balaban J connectivity index is 1.35. The number of fused-ring (bicyclic) bond motifs is 1. The first-order valence-electron chi connectivity index (χ1n) is 12.1. The van der Waals surface area contributed by atoms with Gasteiger partial charge in [0.05, 0.1) is 24.2 Å². The molecule has 1 N–H and O–H groups in total. The number of aryl methyl sites for hydroxylation is 3. The van der Waals surface area contributed by atoms with E-state index in [-0.39, 0.29) is 11.4 Å². The Labute approximate surface area is 215 Å². The van der Waals surface area contributed by atoms with Gasteiger partial charge in [-0.3, -0.25) is 9.10 Å². The molecule has 1 unspecified atom stereocenters. The van der Waals surface area contributed by atoms with Gasteiger partial charge in [-0.15, -0.1) is 0 Å². The number of anilines is 2. The number of amides is 1. The van der Waals surface area contributed by atoms with E-state index in [0.29, 0.717) is 22.9 Å². The molecule has 1 atom stereocenters. The summed E-state index contributed by atoms with van der Waals surface area (Å²) in [6, 6.07) is 21.6. The Kier molecular flexibility index (Phi) is 5.56. The maximum absolute atomic E-state index is 13.7. The zero-order valence-electron chi connectivity index (χ0n) is 20.5. The minimum absolute atomic E-state index is 0.105. The Morgan fingerprint density at radius 3 is 2.51 bits per heavy atom. The summed E-state index contributed by atoms with van der Waals surface area (Å²) in [6.45, 7) is 1.74. The molecule has 1 heterocycles. The molecule has 0 spiro atoms. The predicted octanol–water partition coefficient (Wildman–Crippen LogP) is 4.85. The van der Waals surface area contributed by atoms with Gasteiger partial charge < -0.3 is 14.8 Å². The Morgan fingerprint density at radius 2 is 1.76 bits per heavy atom. The molecule has 8 heteroatoms. The van der Waals surface area contributed by atoms with Gasteiger partial charge in [0.15, 0.2) is 6.10 Å². The van der Waals surface area contributed by atoms with Crippen LogP contribution in [0.5, 0.6) is 11.5 Å². The summed E-state index contributed by atoms with van der Waals surface area (Å²) in [7, 11) is -2.45. The fourth-order valence-corrected chi connectivity index (χ4v) is 6.65. The van der Waals surface area contributed by atoms with E-state index in [9.17, 15) is 13.2 Å². The zero-order valence-corrected chi connectivity index (χ0v) is 21.3. The molecule has 0 fully saturated rings. The molecule has 1 aliphatic heterocycles. The van der Waals surface area contributed by atoms with E-state index < -0.39 is 22.0 Å². The van der Waals surface area contributed by atoms with Crippen molar-refractivity contribution in [3.05, 3.63) is 89.5 Å². The second kappa shape index (κ2) is 8.81. The first-order valence-corrected chi connectivity index (χ1v) is 13.6. The van der Waals surface area contributed by atoms with Crippen molar-refractivity contribution >= 4 is 38.1 Å². The van der Waals surface area contributed by atoms with Gasteiger partial charge in [-0.25, -0.2) is 8.42 Å². The van der Waals surface area contributed by atoms with Crippen LogP contribution in [0.2, 0.25) is 0 Å². The maximum Gasteiger partial charge on any atom is 0.267 e. The number of nitrogens with zero attached hydrogens (tertiary/aromatic N) is 1. The quantitative estimate of drug-likeness (QED) is 0.412. The minimum Gasteiger partial charge on any atom is -0.497 e. The Hall–Kier alpha value is -4.04. The van der Waals surface area contributed by atoms with Crippen LogP contribution in [0.25, 0.3) is 10.8 Å². The van der Waals surface area contributed by atoms with Gasteiger partial charge in [0.1, 0.15) is 11.5 Å². The standard InChI is InChI=1S/C29H26N2O5S/c1-18-6-15-25-26(16-18)36-27(17-31(25)37(33,34)22-12-10-21(35-2)11-13-22)29(32)30-24-14-9-20-8-7-19-4-3-5-23(24)28(19)20/h3-6,9-16,27H,7-8,17H2,1-2H3,(H,30,32). The summed E-state index contributed by atoms with van der Waals surface area (Å²) >= 11 is 0. The molecule has 2 aliphatic rings. The third-order valence-corrected chi connectivity index (χ3v) is 8.85. The lowest BCUT2D eigenvalue weighted by molar-refractivity contribution is -0.122. The van der Waals surface area contributed by atoms with Crippen molar-refractivity contribution in [3.8, 4) is 11.5 Å². The Bertz CT molecular complexity index is 1640. The number of hydrogen-bond donors (Lipinski definition) is 1. The van der Waals surface area contributed by atoms with Crippen LogP contribution in [-0.4, -0.2) is 34.1 Å². The van der Waals surface area contributed by atoms with Crippen molar-refractivity contribution in [2.24, 2.45) is 0 Å². The predicted molar refractivity (Wildman–Crippen MR) is 143 cm³/mol. The fourth-order valence-electron chi connectivity index (χ4n) is 5.17. The average molecular weight is 515 g/mol. The van der Waals surface area contributed by atoms with Gasteiger partial charge in [0, 0.05) is 11.1 Å². The van der Waals surface area contributed by atoms with Gasteiger partial charge in [0.2, 0.25) is 0 Å². The summed E-state index contributed by atoms with van der Waals surface area (Å²) in [5.41, 5.74) is 4.54. The van der Waals surface area contributed by atoms with E-state index in [4.69, 9.17) is 9.47 Å². The van der Waals surface area contributed by atoms with Gasteiger partial charge >= 0.3 is 0 Å². The number of sulfonamides is 1. The lowest BCUT2D eigenvalue weighted by Gasteiger charge is -2.35. The average Bonchev–Trinajstić information content (AvgIpc) is 3.34. The smallest absolute Gasteiger partial charge is 0.267 e. The van der Waals surface area contributed by atoms with E-state index in [0.717, 1.165) is 23.8 Å². The zero-order chi connectivity index (χ0) is 25.7. The number of ether oxygens (including phenoxy) is 2. The van der Waals surface area contributed by atoms with E-state index in [1.54, 1.807) is 24.3 Å². The number of rotatable bonds is 5. The third kappa shape index (κ3) is 3.97. The highest BCUT2D eigenvalue weighted by Crippen LogP contribution is 2.39. The molecule has 0 saturated heterocycles. The molecule has 0 bridgehead atoms. The fraction of sp³-hybridized carbons (Fsp3) is 0.207. The van der Waals surface area contributed by atoms with Crippen LogP contribution in [0.3, 0.4) is 0 Å². The summed E-state index contributed by atoms with van der Waals surface area (Å²) < 4.78 is 39.9. The lowest BCUT2D eigenvalue weighted by atomic mass is 10.0. The van der Waals surface area contributed by atoms with E-state index in [1.807, 2.05) is 31.2 Å². The molecule has 6 rings (SSSR count). The van der Waals surface area contributed by atoms with Crippen molar-refractivity contribution in [3.63, 3.8) is 0 Å². The van der Waals surface area contributed by atoms with Crippen LogP contribution < -0.4 is 19.1 Å². The largest absolute Gasteiger partial charge is 0.497 e. The van der Waals surface area contributed by atoms with Crippen LogP contribution in [0, 0.1) is 6.92 Å². The number of methoxy groups -OCH3 is 1. The van der Waals surface area contributed by atoms with Crippen LogP contribution in [0.4, 0.5) is 11.4 Å². The normalized spacial score (nSPS) is 16.3. The molecule has 37 heavy (non-hydrogen) atoms. The second-order valence-corrected chi connectivity index (χ2v) is 11.3. The van der Waals surface area contributed by atoms with Crippen molar-refractivity contribution < 1.29 is 22.7 Å². The molecule has 0 radical (unpaired) electrons. The molecule has 1 aliphatic carbocycles. The van der Waals surface area contributed by atoms with Gasteiger partial charge in [0.25, 0.3) is 15.9 Å². The maximum atomic E-state index is 13.7. The van der Waals surface area contributed by atoms with E-state index in [2.05, 4.69) is 17.4 Å². The molecule has 1 amide bonds. The molecule has 4 aromatic carbocycles. The van der Waals surface area contributed by atoms with Crippen molar-refractivity contribution in [2.45, 2.75) is 30.8 Å². The number of carbonyl (C=O) groups is 1. The SMILES string of the molecule is COc1ccc(S(=O)(=O)N2CC(C(=O)Nc3ccc4c5c(cccc35)CC4)Oc3cc(C)ccc32)cc1. The first-order chi connectivity index (χ1) is 17.8. The van der Waals surface area contributed by atoms with Crippen LogP contribution in [-0.2, 0) is 27.7 Å². The van der Waals surface area contributed by atoms with Crippen LogP contribution in [0.15, 0.2) is 77.7 Å². The van der Waals surface area contributed by atoms with E-state index >= 15 is 0 Å². The van der Waals surface area contributed by atoms with Crippen LogP contribution in [0.1, 0.15) is 16.7 Å². The molecular weight excluding hydrogens is 488 g/mol. The number of nitrogens with one attached hydrogen (secondary N) is 1. The second-order valence-electron chi connectivity index (χ2n) is 9.39. The van der Waals surface area contributed by atoms with Gasteiger partial charge in [-0.05, 0) is 84.3 Å². The molecule has 0 aromatic heterocycles. The topological polar surface area (TPSA) is 84.9 Å². The highest BCUT2D eigenvalue weighted by atomic mass is 32.2. The van der Waals surface area contributed by atoms with Crippen molar-refractivity contribution in [1.82, 2.24) is 0 Å². The van der Waals surface area contributed by atoms with Gasteiger partial charge in [-0.2, -0.15) is 0 Å². The van der Waals surface area contributed by atoms with Crippen LogP contribution >= 0.6 is 0 Å². The molecule has 7 nitrogen and oxygen atoms in total. The molecule has 188 valence electrons. The lowest BCUT2D eigenvalue weighted by Crippen LogP contribution is -2.48. The number of carbonyl (C=O) groups excluding carboxylic acids is 1. The van der Waals surface area contributed by atoms with Crippen molar-refractivity contribution in [2.75, 3.05) is 23.3 Å². The number of hydrogen-bond acceptors (Lipinski definition) is 5. The molecular formula is C29H26N2O5S. The highest BCUT2D eigenvalue weighted by molar-refractivity contribution is 7.92. The summed E-state index contributed by atoms with van der Waals surface area (Å²) in [6.07, 6.45) is 0.944. The summed E-state index contributed by atoms with van der Waals surface area (Å²) in [4.78, 5) is 13.6. The Morgan fingerprint density at radius 1 is 1.00 bits per heavy atom. The molecule has 0 saturated carbocycles. The minimum atomic E-state index is -3.97. The van der Waals surface area contributed by atoms with Gasteiger partial charge in [-0.1, -0.05) is 30.3 Å². The summed E-state index contributed by atoms with van der Waals surface area (Å²) in [5, 5.41) is 5.18. The van der Waals surface area contributed by atoms with E-state index in [1.165, 1.54) is 40.1 Å². The third-order valence-electron chi connectivity index (χ3n) is 7.06. The van der Waals surface area contributed by atoms with Crippen molar-refractivity contribution in [1.29, 1.82) is 0 Å². The monoisotopic (exact) mass is 514 g/mol. The first kappa shape index (κ1) is 23.4. The molecule has 4 aromatic rings. The summed E-state index contributed by atoms with van der Waals surface area (Å²) in [5.74, 6) is 0.504. The highest BCUT2D eigenvalue weighted by Gasteiger charge is 2.38.